The van der Waals surface area contributed by atoms with Crippen molar-refractivity contribution in [1.29, 1.82) is 0 Å². The van der Waals surface area contributed by atoms with Crippen LogP contribution in [0.4, 0.5) is 0 Å². The molecule has 1 amide bonds. The highest BCUT2D eigenvalue weighted by molar-refractivity contribution is 5.83. The summed E-state index contributed by atoms with van der Waals surface area (Å²) in [4.78, 5) is 16.1. The number of carbonyl (C=O) groups excluding carboxylic acids is 1. The van der Waals surface area contributed by atoms with E-state index >= 15 is 0 Å². The highest BCUT2D eigenvalue weighted by atomic mass is 16.2. The Morgan fingerprint density at radius 3 is 2.47 bits per heavy atom. The van der Waals surface area contributed by atoms with Gasteiger partial charge in [0.15, 0.2) is 0 Å². The van der Waals surface area contributed by atoms with Gasteiger partial charge in [-0.3, -0.25) is 10.1 Å². The molecule has 0 saturated carbocycles. The second-order valence-electron chi connectivity index (χ2n) is 5.38. The van der Waals surface area contributed by atoms with Gasteiger partial charge in [-0.25, -0.2) is 0 Å². The van der Waals surface area contributed by atoms with Gasteiger partial charge in [0, 0.05) is 12.6 Å². The number of hydrogen-bond acceptors (Lipinski definition) is 3. The van der Waals surface area contributed by atoms with E-state index in [-0.39, 0.29) is 18.1 Å². The average molecular weight is 241 g/mol. The first-order valence-corrected chi connectivity index (χ1v) is 6.70. The molecule has 0 bridgehead atoms. The SMILES string of the molecule is CC1NC(C)N(CCCCN(C)C(C)C)C1=O. The van der Waals surface area contributed by atoms with E-state index in [4.69, 9.17) is 0 Å². The molecule has 1 fully saturated rings. The Bertz CT molecular complexity index is 255. The zero-order valence-electron chi connectivity index (χ0n) is 11.9. The van der Waals surface area contributed by atoms with Crippen LogP contribution < -0.4 is 5.32 Å². The molecule has 1 saturated heterocycles. The van der Waals surface area contributed by atoms with Crippen LogP contribution in [0.25, 0.3) is 0 Å². The zero-order valence-corrected chi connectivity index (χ0v) is 11.9. The molecular weight excluding hydrogens is 214 g/mol. The Morgan fingerprint density at radius 2 is 2.00 bits per heavy atom. The number of carbonyl (C=O) groups is 1. The van der Waals surface area contributed by atoms with Crippen LogP contribution in [0.5, 0.6) is 0 Å². The lowest BCUT2D eigenvalue weighted by atomic mass is 10.2. The van der Waals surface area contributed by atoms with E-state index < -0.39 is 0 Å². The van der Waals surface area contributed by atoms with Crippen molar-refractivity contribution in [1.82, 2.24) is 15.1 Å². The second-order valence-corrected chi connectivity index (χ2v) is 5.38. The van der Waals surface area contributed by atoms with E-state index in [1.54, 1.807) is 0 Å². The predicted octanol–water partition coefficient (Wildman–Crippen LogP) is 1.27. The van der Waals surface area contributed by atoms with Gasteiger partial charge in [0.1, 0.15) is 0 Å². The van der Waals surface area contributed by atoms with Crippen LogP contribution in [-0.2, 0) is 4.79 Å². The van der Waals surface area contributed by atoms with Crippen LogP contribution in [0.1, 0.15) is 40.5 Å². The van der Waals surface area contributed by atoms with Gasteiger partial charge in [0.05, 0.1) is 12.2 Å². The van der Waals surface area contributed by atoms with Gasteiger partial charge in [-0.15, -0.1) is 0 Å². The van der Waals surface area contributed by atoms with Crippen molar-refractivity contribution in [2.24, 2.45) is 0 Å². The van der Waals surface area contributed by atoms with Crippen molar-refractivity contribution in [3.05, 3.63) is 0 Å². The lowest BCUT2D eigenvalue weighted by Crippen LogP contribution is -2.36. The van der Waals surface area contributed by atoms with Gasteiger partial charge in [0.2, 0.25) is 5.91 Å². The molecule has 0 radical (unpaired) electrons. The molecule has 1 aliphatic heterocycles. The van der Waals surface area contributed by atoms with E-state index in [1.165, 1.54) is 0 Å². The molecule has 17 heavy (non-hydrogen) atoms. The molecule has 2 unspecified atom stereocenters. The zero-order chi connectivity index (χ0) is 13.0. The number of nitrogens with zero attached hydrogens (tertiary/aromatic N) is 2. The van der Waals surface area contributed by atoms with Crippen molar-refractivity contribution >= 4 is 5.91 Å². The Labute approximate surface area is 105 Å². The number of amides is 1. The summed E-state index contributed by atoms with van der Waals surface area (Å²) in [6.07, 6.45) is 2.43. The normalized spacial score (nSPS) is 25.4. The van der Waals surface area contributed by atoms with E-state index in [2.05, 4.69) is 38.0 Å². The fourth-order valence-corrected chi connectivity index (χ4v) is 2.17. The van der Waals surface area contributed by atoms with Crippen molar-refractivity contribution in [3.8, 4) is 0 Å². The highest BCUT2D eigenvalue weighted by Gasteiger charge is 2.32. The summed E-state index contributed by atoms with van der Waals surface area (Å²) in [5.74, 6) is 0.245. The quantitative estimate of drug-likeness (QED) is 0.711. The van der Waals surface area contributed by atoms with Gasteiger partial charge in [0.25, 0.3) is 0 Å². The first-order chi connectivity index (χ1) is 7.93. The topological polar surface area (TPSA) is 35.6 Å². The van der Waals surface area contributed by atoms with E-state index in [1.807, 2.05) is 11.8 Å². The molecular formula is C13H27N3O. The molecule has 0 aromatic rings. The maximum absolute atomic E-state index is 11.8. The molecule has 0 spiro atoms. The third-order valence-electron chi connectivity index (χ3n) is 3.65. The molecule has 0 aromatic carbocycles. The summed E-state index contributed by atoms with van der Waals surface area (Å²) in [7, 11) is 2.15. The van der Waals surface area contributed by atoms with Crippen LogP contribution >= 0.6 is 0 Å². The van der Waals surface area contributed by atoms with Crippen molar-refractivity contribution in [2.45, 2.75) is 58.8 Å². The van der Waals surface area contributed by atoms with Crippen molar-refractivity contribution in [3.63, 3.8) is 0 Å². The Hall–Kier alpha value is -0.610. The molecule has 1 heterocycles. The minimum Gasteiger partial charge on any atom is -0.326 e. The van der Waals surface area contributed by atoms with Crippen LogP contribution in [0.3, 0.4) is 0 Å². The fourth-order valence-electron chi connectivity index (χ4n) is 2.17. The van der Waals surface area contributed by atoms with Crippen LogP contribution in [0.2, 0.25) is 0 Å². The van der Waals surface area contributed by atoms with Gasteiger partial charge < -0.3 is 9.80 Å². The first kappa shape index (κ1) is 14.5. The summed E-state index contributed by atoms with van der Waals surface area (Å²) in [5.41, 5.74) is 0. The predicted molar refractivity (Wildman–Crippen MR) is 70.8 cm³/mol. The summed E-state index contributed by atoms with van der Waals surface area (Å²) >= 11 is 0. The third-order valence-corrected chi connectivity index (χ3v) is 3.65. The average Bonchev–Trinajstić information content (AvgIpc) is 2.49. The maximum Gasteiger partial charge on any atom is 0.240 e. The van der Waals surface area contributed by atoms with E-state index in [9.17, 15) is 4.79 Å². The molecule has 4 nitrogen and oxygen atoms in total. The lowest BCUT2D eigenvalue weighted by Gasteiger charge is -2.23. The largest absolute Gasteiger partial charge is 0.326 e. The first-order valence-electron chi connectivity index (χ1n) is 6.70. The number of rotatable bonds is 6. The fraction of sp³-hybridized carbons (Fsp3) is 0.923. The maximum atomic E-state index is 11.8. The van der Waals surface area contributed by atoms with Gasteiger partial charge in [-0.1, -0.05) is 0 Å². The molecule has 1 rings (SSSR count). The van der Waals surface area contributed by atoms with Crippen LogP contribution in [0.15, 0.2) is 0 Å². The summed E-state index contributed by atoms with van der Waals surface area (Å²) in [5, 5.41) is 3.25. The minimum absolute atomic E-state index is 0.0108. The number of nitrogens with one attached hydrogen (secondary N) is 1. The van der Waals surface area contributed by atoms with Crippen molar-refractivity contribution in [2.75, 3.05) is 20.1 Å². The highest BCUT2D eigenvalue weighted by Crippen LogP contribution is 2.11. The summed E-state index contributed by atoms with van der Waals surface area (Å²) in [6.45, 7) is 10.4. The second kappa shape index (κ2) is 6.36. The monoisotopic (exact) mass is 241 g/mol. The van der Waals surface area contributed by atoms with Gasteiger partial charge in [-0.05, 0) is 54.1 Å². The third kappa shape index (κ3) is 3.96. The number of hydrogen-bond donors (Lipinski definition) is 1. The van der Waals surface area contributed by atoms with E-state index in [0.29, 0.717) is 6.04 Å². The Balaban J connectivity index is 2.21. The molecule has 1 aliphatic rings. The molecule has 1 N–H and O–H groups in total. The lowest BCUT2D eigenvalue weighted by molar-refractivity contribution is -0.129. The van der Waals surface area contributed by atoms with Gasteiger partial charge >= 0.3 is 0 Å². The molecule has 2 atom stereocenters. The summed E-state index contributed by atoms with van der Waals surface area (Å²) < 4.78 is 0. The smallest absolute Gasteiger partial charge is 0.240 e. The van der Waals surface area contributed by atoms with E-state index in [0.717, 1.165) is 25.9 Å². The molecule has 4 heteroatoms. The standard InChI is InChI=1S/C13H27N3O/c1-10(2)15(5)8-6-7-9-16-12(4)14-11(3)13(16)17/h10-12,14H,6-9H2,1-5H3. The van der Waals surface area contributed by atoms with Crippen LogP contribution in [-0.4, -0.2) is 54.1 Å². The molecule has 0 aromatic heterocycles. The van der Waals surface area contributed by atoms with Crippen molar-refractivity contribution < 1.29 is 4.79 Å². The summed E-state index contributed by atoms with van der Waals surface area (Å²) in [6, 6.07) is 0.590. The van der Waals surface area contributed by atoms with Crippen LogP contribution in [0, 0.1) is 0 Å². The molecule has 0 aliphatic carbocycles. The Kier molecular flexibility index (Phi) is 5.40. The number of unbranched alkanes of at least 4 members (excludes halogenated alkanes) is 1. The Morgan fingerprint density at radius 1 is 1.35 bits per heavy atom. The molecule has 100 valence electrons. The minimum atomic E-state index is -0.0108. The van der Waals surface area contributed by atoms with Gasteiger partial charge in [-0.2, -0.15) is 0 Å².